The lowest BCUT2D eigenvalue weighted by molar-refractivity contribution is -0.139. The largest absolute Gasteiger partial charge is 0.336 e. The molecule has 1 amide bonds. The third-order valence-electron chi connectivity index (χ3n) is 5.50. The molecule has 100 valence electrons. The molecule has 0 aromatic rings. The predicted octanol–water partition coefficient (Wildman–Crippen LogP) is 3.24. The number of likely N-dealkylation sites (N-methyl/N-ethyl adjacent to an activating group) is 1. The molecule has 0 N–H and O–H groups in total. The minimum atomic E-state index is 0.190. The normalized spacial score (nSPS) is 40.9. The highest BCUT2D eigenvalue weighted by molar-refractivity contribution is 5.92. The van der Waals surface area contributed by atoms with Gasteiger partial charge in [-0.25, -0.2) is 0 Å². The topological polar surface area (TPSA) is 20.3 Å². The van der Waals surface area contributed by atoms with Crippen molar-refractivity contribution in [1.82, 2.24) is 4.90 Å². The van der Waals surface area contributed by atoms with E-state index in [0.29, 0.717) is 11.6 Å². The van der Waals surface area contributed by atoms with E-state index in [0.717, 1.165) is 30.2 Å². The molecule has 0 unspecified atom stereocenters. The van der Waals surface area contributed by atoms with Gasteiger partial charge in [-0.2, -0.15) is 0 Å². The van der Waals surface area contributed by atoms with Gasteiger partial charge in [0.25, 0.3) is 0 Å². The zero-order valence-electron chi connectivity index (χ0n) is 11.7. The Morgan fingerprint density at radius 3 is 2.00 bits per heavy atom. The van der Waals surface area contributed by atoms with Crippen molar-refractivity contribution in [3.63, 3.8) is 0 Å². The van der Waals surface area contributed by atoms with Crippen molar-refractivity contribution >= 4 is 5.91 Å². The zero-order chi connectivity index (χ0) is 12.9. The van der Waals surface area contributed by atoms with Crippen LogP contribution in [0.15, 0.2) is 12.2 Å². The fourth-order valence-electron chi connectivity index (χ4n) is 5.14. The van der Waals surface area contributed by atoms with E-state index in [-0.39, 0.29) is 5.91 Å². The standard InChI is InChI=1S/C16H25NO/c1-4-17(16(18)10(2)3)15-13-6-11-5-12(8-13)9-14(15)7-11/h11-15H,2,4-9H2,1,3H3. The number of carbonyl (C=O) groups excluding carboxylic acids is 1. The molecule has 0 aliphatic heterocycles. The molecule has 0 saturated heterocycles. The lowest BCUT2D eigenvalue weighted by Crippen LogP contribution is -2.57. The average molecular weight is 247 g/mol. The lowest BCUT2D eigenvalue weighted by Gasteiger charge is -2.57. The van der Waals surface area contributed by atoms with Crippen molar-refractivity contribution in [3.8, 4) is 0 Å². The van der Waals surface area contributed by atoms with Crippen molar-refractivity contribution in [2.24, 2.45) is 23.7 Å². The maximum atomic E-state index is 12.3. The Balaban J connectivity index is 1.82. The van der Waals surface area contributed by atoms with Crippen LogP contribution in [0.4, 0.5) is 0 Å². The van der Waals surface area contributed by atoms with Gasteiger partial charge >= 0.3 is 0 Å². The summed E-state index contributed by atoms with van der Waals surface area (Å²) >= 11 is 0. The molecular weight excluding hydrogens is 222 g/mol. The Hall–Kier alpha value is -0.790. The van der Waals surface area contributed by atoms with Gasteiger partial charge < -0.3 is 4.90 Å². The van der Waals surface area contributed by atoms with Crippen LogP contribution in [0.5, 0.6) is 0 Å². The molecule has 18 heavy (non-hydrogen) atoms. The van der Waals surface area contributed by atoms with Gasteiger partial charge in [-0.15, -0.1) is 0 Å². The van der Waals surface area contributed by atoms with Crippen LogP contribution in [0.25, 0.3) is 0 Å². The lowest BCUT2D eigenvalue weighted by atomic mass is 9.54. The van der Waals surface area contributed by atoms with E-state index < -0.39 is 0 Å². The van der Waals surface area contributed by atoms with Crippen LogP contribution in [0, 0.1) is 23.7 Å². The molecule has 0 aromatic carbocycles. The summed E-state index contributed by atoms with van der Waals surface area (Å²) in [4.78, 5) is 14.5. The number of hydrogen-bond donors (Lipinski definition) is 0. The van der Waals surface area contributed by atoms with Gasteiger partial charge in [0.2, 0.25) is 5.91 Å². The minimum absolute atomic E-state index is 0.190. The highest BCUT2D eigenvalue weighted by atomic mass is 16.2. The molecule has 4 saturated carbocycles. The van der Waals surface area contributed by atoms with Crippen molar-refractivity contribution < 1.29 is 4.79 Å². The third-order valence-corrected chi connectivity index (χ3v) is 5.50. The molecule has 0 radical (unpaired) electrons. The Morgan fingerprint density at radius 1 is 1.11 bits per heavy atom. The Labute approximate surface area is 110 Å². The van der Waals surface area contributed by atoms with Crippen molar-refractivity contribution in [1.29, 1.82) is 0 Å². The maximum Gasteiger partial charge on any atom is 0.249 e. The van der Waals surface area contributed by atoms with E-state index in [1.165, 1.54) is 32.1 Å². The maximum absolute atomic E-state index is 12.3. The summed E-state index contributed by atoms with van der Waals surface area (Å²) in [6.07, 6.45) is 6.96. The number of amides is 1. The first-order valence-corrected chi connectivity index (χ1v) is 7.56. The number of hydrogen-bond acceptors (Lipinski definition) is 1. The third kappa shape index (κ3) is 1.81. The summed E-state index contributed by atoms with van der Waals surface area (Å²) in [7, 11) is 0. The summed E-state index contributed by atoms with van der Waals surface area (Å²) in [5.41, 5.74) is 0.700. The summed E-state index contributed by atoms with van der Waals surface area (Å²) < 4.78 is 0. The van der Waals surface area contributed by atoms with Gasteiger partial charge in [0.1, 0.15) is 0 Å². The first kappa shape index (κ1) is 12.3. The van der Waals surface area contributed by atoms with Crippen LogP contribution in [-0.2, 0) is 4.79 Å². The molecule has 4 fully saturated rings. The molecule has 0 aromatic heterocycles. The molecule has 0 atom stereocenters. The van der Waals surface area contributed by atoms with Crippen molar-refractivity contribution in [3.05, 3.63) is 12.2 Å². The summed E-state index contributed by atoms with van der Waals surface area (Å²) in [5, 5.41) is 0. The molecular formula is C16H25NO. The van der Waals surface area contributed by atoms with Crippen LogP contribution in [0.3, 0.4) is 0 Å². The SMILES string of the molecule is C=C(C)C(=O)N(CC)C1C2CC3CC(C2)CC1C3. The first-order chi connectivity index (χ1) is 8.60. The molecule has 0 heterocycles. The monoisotopic (exact) mass is 247 g/mol. The van der Waals surface area contributed by atoms with Crippen LogP contribution < -0.4 is 0 Å². The van der Waals surface area contributed by atoms with Crippen LogP contribution >= 0.6 is 0 Å². The van der Waals surface area contributed by atoms with Gasteiger partial charge in [-0.3, -0.25) is 4.79 Å². The Kier molecular flexibility index (Phi) is 2.99. The van der Waals surface area contributed by atoms with E-state index in [4.69, 9.17) is 0 Å². The summed E-state index contributed by atoms with van der Waals surface area (Å²) in [6, 6.07) is 0.520. The fraction of sp³-hybridized carbons (Fsp3) is 0.812. The second-order valence-corrected chi connectivity index (χ2v) is 6.79. The highest BCUT2D eigenvalue weighted by Gasteiger charge is 2.50. The quantitative estimate of drug-likeness (QED) is 0.701. The molecule has 0 spiro atoms. The van der Waals surface area contributed by atoms with Crippen LogP contribution in [0.2, 0.25) is 0 Å². The second-order valence-electron chi connectivity index (χ2n) is 6.79. The van der Waals surface area contributed by atoms with E-state index in [1.807, 2.05) is 6.92 Å². The molecule has 2 nitrogen and oxygen atoms in total. The van der Waals surface area contributed by atoms with E-state index in [2.05, 4.69) is 18.4 Å². The smallest absolute Gasteiger partial charge is 0.249 e. The van der Waals surface area contributed by atoms with Crippen LogP contribution in [0.1, 0.15) is 46.0 Å². The van der Waals surface area contributed by atoms with Crippen molar-refractivity contribution in [2.45, 2.75) is 52.0 Å². The van der Waals surface area contributed by atoms with E-state index in [1.54, 1.807) is 0 Å². The van der Waals surface area contributed by atoms with Gasteiger partial charge in [-0.05, 0) is 69.6 Å². The molecule has 4 bridgehead atoms. The Morgan fingerprint density at radius 2 is 1.61 bits per heavy atom. The number of rotatable bonds is 3. The Bertz CT molecular complexity index is 345. The minimum Gasteiger partial charge on any atom is -0.336 e. The van der Waals surface area contributed by atoms with Crippen LogP contribution in [-0.4, -0.2) is 23.4 Å². The summed E-state index contributed by atoms with van der Waals surface area (Å²) in [6.45, 7) is 8.66. The van der Waals surface area contributed by atoms with E-state index >= 15 is 0 Å². The van der Waals surface area contributed by atoms with Gasteiger partial charge in [0.15, 0.2) is 0 Å². The van der Waals surface area contributed by atoms with Gasteiger partial charge in [0.05, 0.1) is 0 Å². The molecule has 4 aliphatic rings. The van der Waals surface area contributed by atoms with Gasteiger partial charge in [0, 0.05) is 18.2 Å². The number of nitrogens with zero attached hydrogens (tertiary/aromatic N) is 1. The molecule has 4 rings (SSSR count). The number of carbonyl (C=O) groups is 1. The van der Waals surface area contributed by atoms with E-state index in [9.17, 15) is 4.79 Å². The van der Waals surface area contributed by atoms with Crippen molar-refractivity contribution in [2.75, 3.05) is 6.54 Å². The van der Waals surface area contributed by atoms with Gasteiger partial charge in [-0.1, -0.05) is 6.58 Å². The highest BCUT2D eigenvalue weighted by Crippen LogP contribution is 2.55. The predicted molar refractivity (Wildman–Crippen MR) is 73.0 cm³/mol. The first-order valence-electron chi connectivity index (χ1n) is 7.56. The molecule has 2 heteroatoms. The average Bonchev–Trinajstić information content (AvgIpc) is 2.32. The zero-order valence-corrected chi connectivity index (χ0v) is 11.7. The molecule has 4 aliphatic carbocycles. The second kappa shape index (κ2) is 4.40. The summed E-state index contributed by atoms with van der Waals surface area (Å²) in [5.74, 6) is 3.70. The fourth-order valence-corrected chi connectivity index (χ4v) is 5.14.